The zero-order chi connectivity index (χ0) is 19.7. The average molecular weight is 401 g/mol. The molecule has 0 spiro atoms. The van der Waals surface area contributed by atoms with E-state index in [1.807, 2.05) is 0 Å². The third-order valence-corrected chi connectivity index (χ3v) is 3.97. The second-order valence-corrected chi connectivity index (χ2v) is 6.84. The molecule has 0 fully saturated rings. The van der Waals surface area contributed by atoms with Crippen LogP contribution in [0, 0.1) is 5.92 Å². The number of halogens is 3. The molecule has 3 unspecified atom stereocenters. The summed E-state index contributed by atoms with van der Waals surface area (Å²) >= 11 is 11.5. The first-order valence-electron chi connectivity index (χ1n) is 8.09. The molecule has 142 valence electrons. The van der Waals surface area contributed by atoms with Gasteiger partial charge in [-0.3, -0.25) is 4.79 Å². The van der Waals surface area contributed by atoms with Gasteiger partial charge in [0.05, 0.1) is 12.1 Å². The number of aliphatic hydroxyl groups is 1. The molecule has 0 aliphatic carbocycles. The van der Waals surface area contributed by atoms with Gasteiger partial charge in [0.25, 0.3) is 0 Å². The first kappa shape index (κ1) is 22.4. The monoisotopic (exact) mass is 400 g/mol. The summed E-state index contributed by atoms with van der Waals surface area (Å²) in [4.78, 5) is 12.4. The van der Waals surface area contributed by atoms with Crippen molar-refractivity contribution in [2.75, 3.05) is 5.32 Å². The average Bonchev–Trinajstić information content (AvgIpc) is 2.54. The van der Waals surface area contributed by atoms with E-state index in [0.29, 0.717) is 17.1 Å². The lowest BCUT2D eigenvalue weighted by atomic mass is 9.91. The Morgan fingerprint density at radius 1 is 1.46 bits per heavy atom. The zero-order valence-electron chi connectivity index (χ0n) is 14.5. The van der Waals surface area contributed by atoms with Crippen LogP contribution in [0.4, 0.5) is 10.1 Å². The molecule has 0 bridgehead atoms. The van der Waals surface area contributed by atoms with Crippen molar-refractivity contribution >= 4 is 34.8 Å². The van der Waals surface area contributed by atoms with E-state index < -0.39 is 29.8 Å². The number of anilines is 1. The van der Waals surface area contributed by atoms with Crippen LogP contribution in [0.1, 0.15) is 19.8 Å². The Labute approximate surface area is 163 Å². The smallest absolute Gasteiger partial charge is 0.242 e. The summed E-state index contributed by atoms with van der Waals surface area (Å²) in [5.41, 5.74) is 6.46. The maximum Gasteiger partial charge on any atom is 0.242 e. The lowest BCUT2D eigenvalue weighted by Crippen LogP contribution is -2.42. The summed E-state index contributed by atoms with van der Waals surface area (Å²) in [5.74, 6) is -2.01. The Kier molecular flexibility index (Phi) is 9.59. The number of hydrogen-bond donors (Lipinski definition) is 3. The van der Waals surface area contributed by atoms with Crippen LogP contribution >= 0.6 is 23.2 Å². The molecule has 0 aliphatic rings. The van der Waals surface area contributed by atoms with Crippen LogP contribution in [0.3, 0.4) is 0 Å². The Morgan fingerprint density at radius 2 is 2.15 bits per heavy atom. The van der Waals surface area contributed by atoms with Crippen LogP contribution in [0.5, 0.6) is 0 Å². The highest BCUT2D eigenvalue weighted by Gasteiger charge is 2.28. The number of amides is 1. The molecule has 1 amide bonds. The quantitative estimate of drug-likeness (QED) is 0.532. The molecule has 26 heavy (non-hydrogen) atoms. The Balaban J connectivity index is 2.92. The zero-order valence-corrected chi connectivity index (χ0v) is 16.0. The van der Waals surface area contributed by atoms with E-state index in [9.17, 15) is 14.3 Å². The molecular weight excluding hydrogens is 378 g/mol. The molecule has 0 radical (unpaired) electrons. The Hall–Kier alpha value is -1.66. The third-order valence-electron chi connectivity index (χ3n) is 3.61. The number of allylic oxidation sites excluding steroid dienone is 4. The van der Waals surface area contributed by atoms with Gasteiger partial charge in [0.15, 0.2) is 0 Å². The summed E-state index contributed by atoms with van der Waals surface area (Å²) in [6.45, 7) is 5.06. The van der Waals surface area contributed by atoms with Gasteiger partial charge >= 0.3 is 0 Å². The fourth-order valence-electron chi connectivity index (χ4n) is 2.25. The van der Waals surface area contributed by atoms with Crippen LogP contribution in [-0.2, 0) is 4.79 Å². The molecule has 3 atom stereocenters. The minimum absolute atomic E-state index is 0.208. The normalized spacial score (nSPS) is 15.5. The fraction of sp³-hybridized carbons (Fsp3) is 0.316. The SMILES string of the molecule is C=C(Cl)/C=C\C=C(/F)C(CCC(C)O)C(N)C(=O)Nc1cccc(Cl)c1. The Morgan fingerprint density at radius 3 is 2.73 bits per heavy atom. The lowest BCUT2D eigenvalue weighted by molar-refractivity contribution is -0.118. The fourth-order valence-corrected chi connectivity index (χ4v) is 2.52. The van der Waals surface area contributed by atoms with Crippen LogP contribution in [-0.4, -0.2) is 23.2 Å². The van der Waals surface area contributed by atoms with Crippen molar-refractivity contribution in [2.24, 2.45) is 11.7 Å². The highest BCUT2D eigenvalue weighted by Crippen LogP contribution is 2.24. The first-order chi connectivity index (χ1) is 12.2. The standard InChI is InChI=1S/C19H23Cl2FN2O2/c1-12(20)5-3-8-17(22)16(10-9-13(2)25)18(23)19(26)24-15-7-4-6-14(21)11-15/h3-8,11,13,16,18,25H,1,9-10,23H2,2H3,(H,24,26)/b5-3-,17-8-. The maximum absolute atomic E-state index is 14.6. The summed E-state index contributed by atoms with van der Waals surface area (Å²) in [7, 11) is 0. The molecule has 7 heteroatoms. The minimum Gasteiger partial charge on any atom is -0.393 e. The molecule has 0 heterocycles. The number of benzene rings is 1. The van der Waals surface area contributed by atoms with E-state index in [4.69, 9.17) is 28.9 Å². The summed E-state index contributed by atoms with van der Waals surface area (Å²) in [6.07, 6.45) is 3.88. The van der Waals surface area contributed by atoms with Gasteiger partial charge in [-0.05, 0) is 50.1 Å². The van der Waals surface area contributed by atoms with Gasteiger partial charge in [-0.15, -0.1) is 0 Å². The topological polar surface area (TPSA) is 75.3 Å². The van der Waals surface area contributed by atoms with Crippen molar-refractivity contribution in [3.63, 3.8) is 0 Å². The molecule has 1 aromatic rings. The van der Waals surface area contributed by atoms with Crippen molar-refractivity contribution in [3.05, 3.63) is 65.0 Å². The Bertz CT molecular complexity index is 690. The number of rotatable bonds is 9. The number of nitrogens with one attached hydrogen (secondary N) is 1. The van der Waals surface area contributed by atoms with Crippen LogP contribution in [0.2, 0.25) is 5.02 Å². The first-order valence-corrected chi connectivity index (χ1v) is 8.84. The van der Waals surface area contributed by atoms with Gasteiger partial charge < -0.3 is 16.2 Å². The predicted molar refractivity (Wildman–Crippen MR) is 106 cm³/mol. The molecule has 0 aliphatic heterocycles. The highest BCUT2D eigenvalue weighted by molar-refractivity contribution is 6.31. The molecule has 1 aromatic carbocycles. The lowest BCUT2D eigenvalue weighted by Gasteiger charge is -2.22. The molecule has 0 aromatic heterocycles. The van der Waals surface area contributed by atoms with Crippen molar-refractivity contribution < 1.29 is 14.3 Å². The van der Waals surface area contributed by atoms with Gasteiger partial charge in [0.1, 0.15) is 5.83 Å². The predicted octanol–water partition coefficient (Wildman–Crippen LogP) is 4.55. The molecular formula is C19H23Cl2FN2O2. The number of nitrogens with two attached hydrogens (primary N) is 1. The summed E-state index contributed by atoms with van der Waals surface area (Å²) < 4.78 is 14.6. The largest absolute Gasteiger partial charge is 0.393 e. The number of aliphatic hydroxyl groups excluding tert-OH is 1. The van der Waals surface area contributed by atoms with E-state index in [-0.39, 0.29) is 11.5 Å². The van der Waals surface area contributed by atoms with E-state index >= 15 is 0 Å². The molecule has 4 N–H and O–H groups in total. The van der Waals surface area contributed by atoms with Crippen LogP contribution in [0.25, 0.3) is 0 Å². The van der Waals surface area contributed by atoms with E-state index in [1.165, 1.54) is 18.2 Å². The summed E-state index contributed by atoms with van der Waals surface area (Å²) in [5, 5.41) is 12.8. The van der Waals surface area contributed by atoms with E-state index in [1.54, 1.807) is 31.2 Å². The van der Waals surface area contributed by atoms with Crippen molar-refractivity contribution in [1.29, 1.82) is 0 Å². The second kappa shape index (κ2) is 11.1. The number of carbonyl (C=O) groups excluding carboxylic acids is 1. The molecule has 0 saturated carbocycles. The van der Waals surface area contributed by atoms with Gasteiger partial charge in [-0.1, -0.05) is 41.9 Å². The third kappa shape index (κ3) is 8.15. The van der Waals surface area contributed by atoms with Gasteiger partial charge in [-0.25, -0.2) is 4.39 Å². The molecule has 4 nitrogen and oxygen atoms in total. The molecule has 1 rings (SSSR count). The summed E-state index contributed by atoms with van der Waals surface area (Å²) in [6, 6.07) is 5.43. The van der Waals surface area contributed by atoms with Gasteiger partial charge in [-0.2, -0.15) is 0 Å². The van der Waals surface area contributed by atoms with Gasteiger partial charge in [0.2, 0.25) is 5.91 Å². The molecule has 0 saturated heterocycles. The van der Waals surface area contributed by atoms with E-state index in [2.05, 4.69) is 11.9 Å². The van der Waals surface area contributed by atoms with Gasteiger partial charge in [0, 0.05) is 21.7 Å². The number of hydrogen-bond acceptors (Lipinski definition) is 3. The highest BCUT2D eigenvalue weighted by atomic mass is 35.5. The van der Waals surface area contributed by atoms with Crippen molar-refractivity contribution in [1.82, 2.24) is 0 Å². The van der Waals surface area contributed by atoms with Crippen molar-refractivity contribution in [3.8, 4) is 0 Å². The van der Waals surface area contributed by atoms with E-state index in [0.717, 1.165) is 0 Å². The second-order valence-electron chi connectivity index (χ2n) is 5.92. The minimum atomic E-state index is -1.14. The van der Waals surface area contributed by atoms with Crippen LogP contribution in [0.15, 0.2) is 59.9 Å². The van der Waals surface area contributed by atoms with Crippen LogP contribution < -0.4 is 11.1 Å². The maximum atomic E-state index is 14.6. The van der Waals surface area contributed by atoms with Crippen molar-refractivity contribution in [2.45, 2.75) is 31.9 Å². The number of carbonyl (C=O) groups is 1.